The molecule has 0 aromatic heterocycles. The first kappa shape index (κ1) is 21.5. The molecule has 1 aliphatic rings. The number of rotatable bonds is 7. The number of amides is 2. The van der Waals surface area contributed by atoms with Crippen LogP contribution in [0, 0.1) is 0 Å². The number of methoxy groups -OCH3 is 2. The molecule has 9 nitrogen and oxygen atoms in total. The summed E-state index contributed by atoms with van der Waals surface area (Å²) in [6.07, 6.45) is 0. The third-order valence-corrected chi connectivity index (χ3v) is 5.15. The lowest BCUT2D eigenvalue weighted by molar-refractivity contribution is -0.151. The fourth-order valence-corrected chi connectivity index (χ4v) is 3.56. The maximum Gasteiger partial charge on any atom is 0.325 e. The highest BCUT2D eigenvalue weighted by atomic mass is 32.2. The van der Waals surface area contributed by atoms with Crippen LogP contribution in [-0.2, 0) is 23.9 Å². The van der Waals surface area contributed by atoms with Gasteiger partial charge in [0.1, 0.15) is 17.5 Å². The fourth-order valence-electron chi connectivity index (χ4n) is 2.43. The predicted molar refractivity (Wildman–Crippen MR) is 101 cm³/mol. The van der Waals surface area contributed by atoms with Gasteiger partial charge >= 0.3 is 11.9 Å². The van der Waals surface area contributed by atoms with E-state index < -0.39 is 29.6 Å². The maximum atomic E-state index is 12.2. The van der Waals surface area contributed by atoms with E-state index >= 15 is 0 Å². The van der Waals surface area contributed by atoms with E-state index in [-0.39, 0.29) is 19.1 Å². The molecule has 2 amide bonds. The molecule has 1 aromatic carbocycles. The Kier molecular flexibility index (Phi) is 8.12. The Hall–Kier alpha value is -2.75. The summed E-state index contributed by atoms with van der Waals surface area (Å²) < 4.78 is 14.6. The minimum atomic E-state index is -0.730. The molecule has 1 heterocycles. The third kappa shape index (κ3) is 6.15. The number of thioether (sulfide) groups is 1. The molecule has 0 aliphatic carbocycles. The zero-order valence-electron chi connectivity index (χ0n) is 15.6. The van der Waals surface area contributed by atoms with E-state index in [1.165, 1.54) is 30.9 Å². The second-order valence-corrected chi connectivity index (χ2v) is 7.10. The summed E-state index contributed by atoms with van der Waals surface area (Å²) in [5.74, 6) is -0.756. The molecule has 0 saturated carbocycles. The molecule has 0 bridgehead atoms. The number of carbonyl (C=O) groups excluding carboxylic acids is 4. The summed E-state index contributed by atoms with van der Waals surface area (Å²) in [6, 6.07) is 6.39. The van der Waals surface area contributed by atoms with Crippen LogP contribution in [-0.4, -0.2) is 80.1 Å². The second kappa shape index (κ2) is 10.5. The summed E-state index contributed by atoms with van der Waals surface area (Å²) >= 11 is 1.42. The molecule has 10 heteroatoms. The van der Waals surface area contributed by atoms with Gasteiger partial charge in [0.25, 0.3) is 11.8 Å². The minimum Gasteiger partial charge on any atom is -0.497 e. The summed E-state index contributed by atoms with van der Waals surface area (Å²) in [5.41, 5.74) is 0.365. The molecular formula is C18H22N2O7S. The maximum absolute atomic E-state index is 12.2. The molecule has 2 rings (SSSR count). The number of carbonyl (C=O) groups is 4. The number of nitrogens with zero attached hydrogens (tertiary/aromatic N) is 1. The van der Waals surface area contributed by atoms with Gasteiger partial charge in [-0.15, -0.1) is 11.8 Å². The van der Waals surface area contributed by atoms with Crippen molar-refractivity contribution in [2.45, 2.75) is 5.25 Å². The van der Waals surface area contributed by atoms with Gasteiger partial charge in [0.2, 0.25) is 0 Å². The first-order valence-electron chi connectivity index (χ1n) is 8.49. The highest BCUT2D eigenvalue weighted by Gasteiger charge is 2.30. The molecule has 0 spiro atoms. The highest BCUT2D eigenvalue weighted by molar-refractivity contribution is 8.00. The van der Waals surface area contributed by atoms with Gasteiger partial charge in [-0.25, -0.2) is 0 Å². The van der Waals surface area contributed by atoms with E-state index in [1.54, 1.807) is 24.3 Å². The topological polar surface area (TPSA) is 111 Å². The largest absolute Gasteiger partial charge is 0.497 e. The zero-order chi connectivity index (χ0) is 20.5. The van der Waals surface area contributed by atoms with Gasteiger partial charge < -0.3 is 24.4 Å². The number of ether oxygens (including phenoxy) is 3. The Labute approximate surface area is 166 Å². The molecule has 1 aliphatic heterocycles. The van der Waals surface area contributed by atoms with Gasteiger partial charge in [0.15, 0.2) is 6.61 Å². The zero-order valence-corrected chi connectivity index (χ0v) is 16.5. The van der Waals surface area contributed by atoms with Crippen molar-refractivity contribution in [3.05, 3.63) is 29.8 Å². The van der Waals surface area contributed by atoms with Crippen LogP contribution in [0.5, 0.6) is 5.75 Å². The SMILES string of the molecule is COC(=O)[C@H]1CN(C(=O)COC(=O)CNC(=O)c2ccc(OC)cc2)CCS1. The van der Waals surface area contributed by atoms with Crippen LogP contribution in [0.15, 0.2) is 24.3 Å². The van der Waals surface area contributed by atoms with Crippen LogP contribution < -0.4 is 10.1 Å². The normalized spacial score (nSPS) is 16.1. The molecule has 1 saturated heterocycles. The molecule has 0 radical (unpaired) electrons. The molecule has 1 aromatic rings. The summed E-state index contributed by atoms with van der Waals surface area (Å²) in [4.78, 5) is 49.0. The van der Waals surface area contributed by atoms with Gasteiger partial charge in [-0.3, -0.25) is 19.2 Å². The van der Waals surface area contributed by atoms with Crippen molar-refractivity contribution in [1.82, 2.24) is 10.2 Å². The van der Waals surface area contributed by atoms with Crippen molar-refractivity contribution in [2.75, 3.05) is 46.2 Å². The van der Waals surface area contributed by atoms with Crippen molar-refractivity contribution in [2.24, 2.45) is 0 Å². The Morgan fingerprint density at radius 3 is 2.54 bits per heavy atom. The van der Waals surface area contributed by atoms with Crippen LogP contribution in [0.2, 0.25) is 0 Å². The minimum absolute atomic E-state index is 0.210. The van der Waals surface area contributed by atoms with Gasteiger partial charge in [-0.05, 0) is 24.3 Å². The smallest absolute Gasteiger partial charge is 0.325 e. The van der Waals surface area contributed by atoms with E-state index in [0.717, 1.165) is 0 Å². The van der Waals surface area contributed by atoms with Gasteiger partial charge in [-0.2, -0.15) is 0 Å². The van der Waals surface area contributed by atoms with Crippen LogP contribution in [0.1, 0.15) is 10.4 Å². The van der Waals surface area contributed by atoms with Crippen LogP contribution in [0.4, 0.5) is 0 Å². The Morgan fingerprint density at radius 2 is 1.89 bits per heavy atom. The average molecular weight is 410 g/mol. The van der Waals surface area contributed by atoms with E-state index in [0.29, 0.717) is 23.6 Å². The van der Waals surface area contributed by atoms with Crippen LogP contribution >= 0.6 is 11.8 Å². The van der Waals surface area contributed by atoms with Gasteiger partial charge in [0.05, 0.1) is 14.2 Å². The summed E-state index contributed by atoms with van der Waals surface area (Å²) in [6.45, 7) is -0.140. The number of hydrogen-bond donors (Lipinski definition) is 1. The summed E-state index contributed by atoms with van der Waals surface area (Å²) in [5, 5.41) is 1.98. The molecule has 0 unspecified atom stereocenters. The number of hydrogen-bond acceptors (Lipinski definition) is 8. The standard InChI is InChI=1S/C18H22N2O7S/c1-25-13-5-3-12(4-6-13)17(23)19-9-16(22)27-11-15(21)20-7-8-28-14(10-20)18(24)26-2/h3-6,14H,7-11H2,1-2H3,(H,19,23)/t14-/m1/s1. The van der Waals surface area contributed by atoms with Crippen molar-refractivity contribution in [3.8, 4) is 5.75 Å². The van der Waals surface area contributed by atoms with Crippen molar-refractivity contribution in [1.29, 1.82) is 0 Å². The van der Waals surface area contributed by atoms with E-state index in [9.17, 15) is 19.2 Å². The Balaban J connectivity index is 1.73. The molecule has 1 N–H and O–H groups in total. The molecule has 1 atom stereocenters. The highest BCUT2D eigenvalue weighted by Crippen LogP contribution is 2.19. The first-order valence-corrected chi connectivity index (χ1v) is 9.54. The molecule has 1 fully saturated rings. The van der Waals surface area contributed by atoms with Crippen molar-refractivity contribution < 1.29 is 33.4 Å². The van der Waals surface area contributed by atoms with E-state index in [2.05, 4.69) is 10.1 Å². The number of nitrogens with one attached hydrogen (secondary N) is 1. The van der Waals surface area contributed by atoms with Crippen LogP contribution in [0.25, 0.3) is 0 Å². The second-order valence-electron chi connectivity index (χ2n) is 5.79. The quantitative estimate of drug-likeness (QED) is 0.630. The first-order chi connectivity index (χ1) is 13.4. The lowest BCUT2D eigenvalue weighted by atomic mass is 10.2. The fraction of sp³-hybridized carbons (Fsp3) is 0.444. The lowest BCUT2D eigenvalue weighted by Crippen LogP contribution is -2.46. The van der Waals surface area contributed by atoms with Gasteiger partial charge in [-0.1, -0.05) is 0 Å². The monoisotopic (exact) mass is 410 g/mol. The Morgan fingerprint density at radius 1 is 1.18 bits per heavy atom. The average Bonchev–Trinajstić information content (AvgIpc) is 2.75. The van der Waals surface area contributed by atoms with E-state index in [4.69, 9.17) is 9.47 Å². The Bertz CT molecular complexity index is 723. The van der Waals surface area contributed by atoms with E-state index in [1.807, 2.05) is 0 Å². The number of benzene rings is 1. The lowest BCUT2D eigenvalue weighted by Gasteiger charge is -2.30. The van der Waals surface area contributed by atoms with Crippen molar-refractivity contribution in [3.63, 3.8) is 0 Å². The molecule has 152 valence electrons. The van der Waals surface area contributed by atoms with Crippen molar-refractivity contribution >= 4 is 35.5 Å². The molecular weight excluding hydrogens is 388 g/mol. The molecule has 28 heavy (non-hydrogen) atoms. The third-order valence-electron chi connectivity index (χ3n) is 3.99. The predicted octanol–water partition coefficient (Wildman–Crippen LogP) is 0.0852. The number of esters is 2. The summed E-state index contributed by atoms with van der Waals surface area (Å²) in [7, 11) is 2.82. The van der Waals surface area contributed by atoms with Crippen LogP contribution in [0.3, 0.4) is 0 Å². The van der Waals surface area contributed by atoms with Gasteiger partial charge in [0, 0.05) is 24.4 Å².